The van der Waals surface area contributed by atoms with Crippen molar-refractivity contribution >= 4 is 17.9 Å². The second-order valence-electron chi connectivity index (χ2n) is 6.66. The van der Waals surface area contributed by atoms with Gasteiger partial charge in [0.25, 0.3) is 0 Å². The third-order valence-electron chi connectivity index (χ3n) is 4.52. The predicted molar refractivity (Wildman–Crippen MR) is 99.7 cm³/mol. The van der Waals surface area contributed by atoms with E-state index in [0.29, 0.717) is 6.04 Å². The standard InChI is InChI=1S/C22H23NO/c1-17(2)23-15-20(13-18-9-5-3-6-10-18)22(24)21(16-23)14-19-11-7-4-8-12-19/h3-14,17H,15-16H2,1-2H3/p+1/b20-13-,21-14+. The van der Waals surface area contributed by atoms with E-state index >= 15 is 0 Å². The molecule has 0 saturated carbocycles. The summed E-state index contributed by atoms with van der Waals surface area (Å²) < 4.78 is 0. The molecule has 1 N–H and O–H groups in total. The first kappa shape index (κ1) is 16.4. The van der Waals surface area contributed by atoms with E-state index in [0.717, 1.165) is 35.4 Å². The van der Waals surface area contributed by atoms with E-state index in [1.807, 2.05) is 72.8 Å². The minimum Gasteiger partial charge on any atom is -0.325 e. The predicted octanol–water partition coefficient (Wildman–Crippen LogP) is 3.03. The van der Waals surface area contributed by atoms with Gasteiger partial charge >= 0.3 is 0 Å². The van der Waals surface area contributed by atoms with Gasteiger partial charge in [-0.2, -0.15) is 0 Å². The molecular formula is C22H24NO+. The van der Waals surface area contributed by atoms with Gasteiger partial charge in [-0.15, -0.1) is 0 Å². The summed E-state index contributed by atoms with van der Waals surface area (Å²) in [6, 6.07) is 20.7. The maximum atomic E-state index is 13.0. The summed E-state index contributed by atoms with van der Waals surface area (Å²) in [6.45, 7) is 6.01. The van der Waals surface area contributed by atoms with Crippen molar-refractivity contribution in [1.29, 1.82) is 0 Å². The van der Waals surface area contributed by atoms with Crippen molar-refractivity contribution in [2.24, 2.45) is 0 Å². The zero-order valence-electron chi connectivity index (χ0n) is 14.3. The largest absolute Gasteiger partial charge is 0.325 e. The minimum absolute atomic E-state index is 0.187. The van der Waals surface area contributed by atoms with Crippen LogP contribution in [0.25, 0.3) is 12.2 Å². The molecule has 1 aliphatic rings. The Bertz CT molecular complexity index is 696. The fourth-order valence-corrected chi connectivity index (χ4v) is 3.06. The van der Waals surface area contributed by atoms with Crippen LogP contribution in [0.4, 0.5) is 0 Å². The molecule has 0 aromatic heterocycles. The Morgan fingerprint density at radius 3 is 1.58 bits per heavy atom. The average Bonchev–Trinajstić information content (AvgIpc) is 2.60. The van der Waals surface area contributed by atoms with Gasteiger partial charge in [-0.25, -0.2) is 0 Å². The summed E-state index contributed by atoms with van der Waals surface area (Å²) in [5.41, 5.74) is 3.98. The van der Waals surface area contributed by atoms with Gasteiger partial charge in [0.15, 0.2) is 5.78 Å². The third-order valence-corrected chi connectivity index (χ3v) is 4.52. The Kier molecular flexibility index (Phi) is 5.07. The van der Waals surface area contributed by atoms with Gasteiger partial charge in [0.1, 0.15) is 13.1 Å². The van der Waals surface area contributed by atoms with Crippen molar-refractivity contribution in [2.45, 2.75) is 19.9 Å². The number of piperidine rings is 1. The first-order chi connectivity index (χ1) is 11.6. The Labute approximate surface area is 144 Å². The lowest BCUT2D eigenvalue weighted by molar-refractivity contribution is -0.912. The number of quaternary nitrogens is 1. The molecule has 2 heteroatoms. The van der Waals surface area contributed by atoms with Gasteiger partial charge < -0.3 is 4.90 Å². The topological polar surface area (TPSA) is 21.5 Å². The number of hydrogen-bond donors (Lipinski definition) is 1. The highest BCUT2D eigenvalue weighted by atomic mass is 16.1. The van der Waals surface area contributed by atoms with E-state index in [1.54, 1.807) is 0 Å². The molecule has 0 spiro atoms. The number of carbonyl (C=O) groups excluding carboxylic acids is 1. The lowest BCUT2D eigenvalue weighted by Crippen LogP contribution is -3.16. The second kappa shape index (κ2) is 7.41. The molecule has 0 amide bonds. The number of likely N-dealkylation sites (tertiary alicyclic amines) is 1. The van der Waals surface area contributed by atoms with Crippen molar-refractivity contribution in [3.63, 3.8) is 0 Å². The Morgan fingerprint density at radius 1 is 0.792 bits per heavy atom. The summed E-state index contributed by atoms with van der Waals surface area (Å²) in [7, 11) is 0. The zero-order valence-corrected chi connectivity index (χ0v) is 14.3. The van der Waals surface area contributed by atoms with E-state index in [2.05, 4.69) is 13.8 Å². The van der Waals surface area contributed by atoms with Gasteiger partial charge in [-0.3, -0.25) is 4.79 Å². The van der Waals surface area contributed by atoms with Crippen LogP contribution in [-0.2, 0) is 4.79 Å². The molecule has 122 valence electrons. The van der Waals surface area contributed by atoms with Crippen LogP contribution < -0.4 is 4.90 Å². The lowest BCUT2D eigenvalue weighted by atomic mass is 9.93. The fraction of sp³-hybridized carbons (Fsp3) is 0.227. The Morgan fingerprint density at radius 2 is 1.21 bits per heavy atom. The normalized spacial score (nSPS) is 21.6. The average molecular weight is 318 g/mol. The molecule has 1 unspecified atom stereocenters. The molecular weight excluding hydrogens is 294 g/mol. The molecule has 24 heavy (non-hydrogen) atoms. The number of rotatable bonds is 3. The van der Waals surface area contributed by atoms with E-state index in [9.17, 15) is 4.79 Å². The molecule has 0 bridgehead atoms. The molecule has 1 fully saturated rings. The molecule has 0 aliphatic carbocycles. The van der Waals surface area contributed by atoms with Crippen LogP contribution in [0.5, 0.6) is 0 Å². The van der Waals surface area contributed by atoms with E-state index < -0.39 is 0 Å². The molecule has 3 rings (SSSR count). The number of nitrogens with one attached hydrogen (secondary N) is 1. The first-order valence-corrected chi connectivity index (χ1v) is 8.54. The van der Waals surface area contributed by atoms with Crippen molar-refractivity contribution in [3.05, 3.63) is 82.9 Å². The van der Waals surface area contributed by atoms with E-state index in [-0.39, 0.29) is 5.78 Å². The molecule has 2 nitrogen and oxygen atoms in total. The van der Waals surface area contributed by atoms with Gasteiger partial charge in [0.2, 0.25) is 0 Å². The number of hydrogen-bond acceptors (Lipinski definition) is 1. The second-order valence-corrected chi connectivity index (χ2v) is 6.66. The van der Waals surface area contributed by atoms with Crippen LogP contribution in [0, 0.1) is 0 Å². The molecule has 0 radical (unpaired) electrons. The summed E-state index contributed by atoms with van der Waals surface area (Å²) in [6.07, 6.45) is 4.09. The minimum atomic E-state index is 0.187. The maximum Gasteiger partial charge on any atom is 0.196 e. The van der Waals surface area contributed by atoms with Crippen molar-refractivity contribution in [2.75, 3.05) is 13.1 Å². The SMILES string of the molecule is CC(C)[NH+]1C/C(=C/c2ccccc2)C(=O)/C(=C/c2ccccc2)C1. The summed E-state index contributed by atoms with van der Waals surface area (Å²) >= 11 is 0. The smallest absolute Gasteiger partial charge is 0.196 e. The summed E-state index contributed by atoms with van der Waals surface area (Å²) in [4.78, 5) is 14.4. The number of ketones is 1. The van der Waals surface area contributed by atoms with Crippen LogP contribution >= 0.6 is 0 Å². The molecule has 1 aliphatic heterocycles. The maximum absolute atomic E-state index is 13.0. The Balaban J connectivity index is 1.96. The summed E-state index contributed by atoms with van der Waals surface area (Å²) in [5.74, 6) is 0.187. The van der Waals surface area contributed by atoms with Crippen LogP contribution in [0.2, 0.25) is 0 Å². The molecule has 1 atom stereocenters. The number of Topliss-reactive ketones (excluding diaryl/α,β-unsaturated/α-hetero) is 1. The number of carbonyl (C=O) groups is 1. The summed E-state index contributed by atoms with van der Waals surface area (Å²) in [5, 5.41) is 0. The Hall–Kier alpha value is -2.45. The molecule has 1 heterocycles. The van der Waals surface area contributed by atoms with Gasteiger partial charge in [-0.1, -0.05) is 60.7 Å². The number of benzene rings is 2. The van der Waals surface area contributed by atoms with Gasteiger partial charge in [0, 0.05) is 0 Å². The molecule has 2 aromatic carbocycles. The van der Waals surface area contributed by atoms with Crippen LogP contribution in [0.15, 0.2) is 71.8 Å². The quantitative estimate of drug-likeness (QED) is 0.863. The van der Waals surface area contributed by atoms with E-state index in [4.69, 9.17) is 0 Å². The third kappa shape index (κ3) is 3.90. The van der Waals surface area contributed by atoms with Crippen molar-refractivity contribution in [3.8, 4) is 0 Å². The highest BCUT2D eigenvalue weighted by Gasteiger charge is 2.30. The molecule has 1 saturated heterocycles. The zero-order chi connectivity index (χ0) is 16.9. The van der Waals surface area contributed by atoms with Gasteiger partial charge in [-0.05, 0) is 37.1 Å². The molecule has 2 aromatic rings. The highest BCUT2D eigenvalue weighted by Crippen LogP contribution is 2.16. The van der Waals surface area contributed by atoms with Crippen molar-refractivity contribution in [1.82, 2.24) is 0 Å². The van der Waals surface area contributed by atoms with Gasteiger partial charge in [0.05, 0.1) is 17.2 Å². The lowest BCUT2D eigenvalue weighted by Gasteiger charge is -2.29. The van der Waals surface area contributed by atoms with Crippen LogP contribution in [0.3, 0.4) is 0 Å². The monoisotopic (exact) mass is 318 g/mol. The van der Waals surface area contributed by atoms with Crippen LogP contribution in [-0.4, -0.2) is 24.9 Å². The van der Waals surface area contributed by atoms with E-state index in [1.165, 1.54) is 4.90 Å². The first-order valence-electron chi connectivity index (χ1n) is 8.54. The van der Waals surface area contributed by atoms with Crippen molar-refractivity contribution < 1.29 is 9.69 Å². The fourth-order valence-electron chi connectivity index (χ4n) is 3.06. The highest BCUT2D eigenvalue weighted by molar-refractivity contribution is 6.14. The van der Waals surface area contributed by atoms with Crippen LogP contribution in [0.1, 0.15) is 25.0 Å².